The molecule has 1 aliphatic rings. The van der Waals surface area contributed by atoms with Crippen molar-refractivity contribution in [1.82, 2.24) is 19.4 Å². The summed E-state index contributed by atoms with van der Waals surface area (Å²) in [4.78, 5) is 15.1. The molecule has 0 spiro atoms. The lowest BCUT2D eigenvalue weighted by Gasteiger charge is -2.36. The van der Waals surface area contributed by atoms with Crippen molar-refractivity contribution in [3.8, 4) is 0 Å². The fourth-order valence-electron chi connectivity index (χ4n) is 3.93. The smallest absolute Gasteiger partial charge is 0.307 e. The predicted octanol–water partition coefficient (Wildman–Crippen LogP) is 5.23. The van der Waals surface area contributed by atoms with Crippen LogP contribution in [0.2, 0.25) is 5.02 Å². The van der Waals surface area contributed by atoms with Gasteiger partial charge < -0.3 is 5.32 Å². The molecular weight excluding hydrogens is 448 g/mol. The largest absolute Gasteiger partial charge is 0.332 e. The van der Waals surface area contributed by atoms with Crippen molar-refractivity contribution < 1.29 is 9.00 Å². The number of anilines is 1. The number of hydrogen-bond donors (Lipinski definition) is 3. The van der Waals surface area contributed by atoms with Gasteiger partial charge in [0.15, 0.2) is 14.9 Å². The second kappa shape index (κ2) is 9.41. The molecule has 32 heavy (non-hydrogen) atoms. The van der Waals surface area contributed by atoms with E-state index in [1.807, 2.05) is 39.8 Å². The van der Waals surface area contributed by atoms with Crippen LogP contribution in [0.15, 0.2) is 23.2 Å². The third-order valence-electron chi connectivity index (χ3n) is 5.94. The highest BCUT2D eigenvalue weighted by Crippen LogP contribution is 2.35. The number of halogens is 1. The number of nitrogens with zero attached hydrogens (tertiary/aromatic N) is 3. The number of aryl methyl sites for hydroxylation is 1. The van der Waals surface area contributed by atoms with Gasteiger partial charge in [-0.3, -0.25) is 9.58 Å². The number of amides is 2. The predicted molar refractivity (Wildman–Crippen MR) is 129 cm³/mol. The highest BCUT2D eigenvalue weighted by molar-refractivity contribution is 7.91. The first kappa shape index (κ1) is 24.5. The summed E-state index contributed by atoms with van der Waals surface area (Å²) < 4.78 is 25.4. The molecule has 1 aromatic carbocycles. The van der Waals surface area contributed by atoms with Gasteiger partial charge in [-0.2, -0.15) is 5.10 Å². The van der Waals surface area contributed by atoms with Crippen molar-refractivity contribution >= 4 is 33.2 Å². The summed E-state index contributed by atoms with van der Waals surface area (Å²) in [6.45, 7) is 12.1. The van der Waals surface area contributed by atoms with Gasteiger partial charge in [0.1, 0.15) is 0 Å². The van der Waals surface area contributed by atoms with Crippen LogP contribution in [0.1, 0.15) is 75.7 Å². The summed E-state index contributed by atoms with van der Waals surface area (Å²) in [5, 5.41) is 7.74. The highest BCUT2D eigenvalue weighted by atomic mass is 35.5. The van der Waals surface area contributed by atoms with Crippen molar-refractivity contribution in [2.24, 2.45) is 7.05 Å². The third-order valence-corrected chi connectivity index (χ3v) is 7.42. The molecule has 8 nitrogen and oxygen atoms in total. The number of urea groups is 1. The van der Waals surface area contributed by atoms with Crippen LogP contribution in [-0.2, 0) is 17.0 Å². The molecule has 1 fully saturated rings. The lowest BCUT2D eigenvalue weighted by atomic mass is 9.92. The van der Waals surface area contributed by atoms with Crippen molar-refractivity contribution in [2.45, 2.75) is 63.9 Å². The standard InChI is InChI=1S/C22H33ClN6O2S/c1-13(2)17-10-16(23)11-18(14(3)4)21(17)25-22(30)27-32(24,31)20-12-19(28(6)26-20)15(5)29-8-7-9-29/h10-15H,7-9H2,1-6H3,(H3,24,25,27,30,31). The summed E-state index contributed by atoms with van der Waals surface area (Å²) >= 11 is 6.29. The molecule has 176 valence electrons. The Morgan fingerprint density at radius 3 is 2.16 bits per heavy atom. The Hall–Kier alpha value is -2.10. The Bertz CT molecular complexity index is 1080. The molecule has 3 rings (SSSR count). The average Bonchev–Trinajstić information content (AvgIpc) is 3.03. The molecule has 3 N–H and O–H groups in total. The van der Waals surface area contributed by atoms with Gasteiger partial charge in [0.25, 0.3) is 0 Å². The second-order valence-electron chi connectivity index (χ2n) is 8.98. The van der Waals surface area contributed by atoms with E-state index in [2.05, 4.69) is 27.0 Å². The molecule has 1 aliphatic heterocycles. The van der Waals surface area contributed by atoms with Crippen molar-refractivity contribution in [3.63, 3.8) is 0 Å². The molecule has 1 aromatic heterocycles. The molecule has 2 atom stereocenters. The van der Waals surface area contributed by atoms with E-state index in [1.165, 1.54) is 0 Å². The molecule has 0 aliphatic carbocycles. The Morgan fingerprint density at radius 2 is 1.69 bits per heavy atom. The Labute approximate surface area is 195 Å². The van der Waals surface area contributed by atoms with Crippen molar-refractivity contribution in [1.29, 1.82) is 4.78 Å². The zero-order valence-corrected chi connectivity index (χ0v) is 21.1. The van der Waals surface area contributed by atoms with Crippen LogP contribution < -0.4 is 10.0 Å². The van der Waals surface area contributed by atoms with Gasteiger partial charge in [-0.05, 0) is 48.4 Å². The normalized spacial score (nSPS) is 17.2. The van der Waals surface area contributed by atoms with Crippen LogP contribution in [-0.4, -0.2) is 38.0 Å². The molecule has 0 saturated carbocycles. The van der Waals surface area contributed by atoms with E-state index in [9.17, 15) is 9.00 Å². The van der Waals surface area contributed by atoms with Gasteiger partial charge >= 0.3 is 6.03 Å². The third kappa shape index (κ3) is 5.10. The number of likely N-dealkylation sites (tertiary alicyclic amines) is 1. The quantitative estimate of drug-likeness (QED) is 0.504. The maximum atomic E-state index is 13.1. The first-order chi connectivity index (χ1) is 14.9. The number of carbonyl (C=O) groups is 1. The Balaban J connectivity index is 1.84. The molecule has 2 aromatic rings. The summed E-state index contributed by atoms with van der Waals surface area (Å²) in [6.07, 6.45) is 1.16. The van der Waals surface area contributed by atoms with Crippen molar-refractivity contribution in [2.75, 3.05) is 18.4 Å². The van der Waals surface area contributed by atoms with Gasteiger partial charge in [-0.1, -0.05) is 39.3 Å². The zero-order valence-electron chi connectivity index (χ0n) is 19.5. The minimum atomic E-state index is -3.64. The van der Waals surface area contributed by atoms with Crippen LogP contribution in [0.25, 0.3) is 0 Å². The Morgan fingerprint density at radius 1 is 1.12 bits per heavy atom. The van der Waals surface area contributed by atoms with E-state index >= 15 is 0 Å². The lowest BCUT2D eigenvalue weighted by Crippen LogP contribution is -2.39. The SMILES string of the molecule is CC(C)c1cc(Cl)cc(C(C)C)c1NC(=O)NS(=N)(=O)c1cc(C(C)N2CCC2)n(C)n1. The topological polar surface area (TPSA) is 103 Å². The molecule has 0 radical (unpaired) electrons. The molecule has 1 saturated heterocycles. The highest BCUT2D eigenvalue weighted by Gasteiger charge is 2.27. The Kier molecular flexibility index (Phi) is 7.21. The molecule has 2 unspecified atom stereocenters. The first-order valence-corrected chi connectivity index (χ1v) is 12.8. The van der Waals surface area contributed by atoms with E-state index in [4.69, 9.17) is 16.4 Å². The average molecular weight is 481 g/mol. The van der Waals surface area contributed by atoms with E-state index in [-0.39, 0.29) is 22.9 Å². The molecule has 2 heterocycles. The number of benzene rings is 1. The maximum absolute atomic E-state index is 13.1. The zero-order chi connectivity index (χ0) is 23.8. The van der Waals surface area contributed by atoms with Gasteiger partial charge in [0.2, 0.25) is 0 Å². The summed E-state index contributed by atoms with van der Waals surface area (Å²) in [6, 6.07) is 4.70. The molecule has 0 bridgehead atoms. The number of rotatable bonds is 7. The second-order valence-corrected chi connectivity index (χ2v) is 11.1. The first-order valence-electron chi connectivity index (χ1n) is 10.9. The number of hydrogen-bond acceptors (Lipinski definition) is 5. The fraction of sp³-hybridized carbons (Fsp3) is 0.545. The molecule has 10 heteroatoms. The van der Waals surface area contributed by atoms with E-state index in [0.29, 0.717) is 10.7 Å². The van der Waals surface area contributed by atoms with Gasteiger partial charge in [0, 0.05) is 43.0 Å². The number of aromatic nitrogens is 2. The van der Waals surface area contributed by atoms with E-state index < -0.39 is 15.9 Å². The monoisotopic (exact) mass is 480 g/mol. The maximum Gasteiger partial charge on any atom is 0.332 e. The van der Waals surface area contributed by atoms with Crippen molar-refractivity contribution in [3.05, 3.63) is 40.0 Å². The minimum Gasteiger partial charge on any atom is -0.307 e. The van der Waals surface area contributed by atoms with E-state index in [1.54, 1.807) is 17.8 Å². The lowest BCUT2D eigenvalue weighted by molar-refractivity contribution is 0.123. The van der Waals surface area contributed by atoms with Gasteiger partial charge in [-0.15, -0.1) is 0 Å². The summed E-state index contributed by atoms with van der Waals surface area (Å²) in [5.74, 6) is 0.228. The summed E-state index contributed by atoms with van der Waals surface area (Å²) in [7, 11) is -1.88. The number of nitrogens with one attached hydrogen (secondary N) is 3. The fourth-order valence-corrected chi connectivity index (χ4v) is 5.10. The van der Waals surface area contributed by atoms with E-state index in [0.717, 1.165) is 36.3 Å². The van der Waals surface area contributed by atoms with Crippen LogP contribution in [0.5, 0.6) is 0 Å². The van der Waals surface area contributed by atoms with Crippen LogP contribution in [0.3, 0.4) is 0 Å². The summed E-state index contributed by atoms with van der Waals surface area (Å²) in [5.41, 5.74) is 3.27. The number of carbonyl (C=O) groups excluding carboxylic acids is 1. The minimum absolute atomic E-state index is 0.0433. The van der Waals surface area contributed by atoms with Crippen LogP contribution in [0.4, 0.5) is 10.5 Å². The molecule has 2 amide bonds. The van der Waals surface area contributed by atoms with Crippen LogP contribution in [0, 0.1) is 4.78 Å². The van der Waals surface area contributed by atoms with Crippen LogP contribution >= 0.6 is 11.6 Å². The van der Waals surface area contributed by atoms with Gasteiger partial charge in [0.05, 0.1) is 5.69 Å². The molecular formula is C22H33ClN6O2S. The van der Waals surface area contributed by atoms with Gasteiger partial charge in [-0.25, -0.2) is 18.5 Å².